The van der Waals surface area contributed by atoms with E-state index in [1.807, 2.05) is 11.8 Å². The molecule has 1 aliphatic rings. The van der Waals surface area contributed by atoms with E-state index >= 15 is 0 Å². The van der Waals surface area contributed by atoms with Gasteiger partial charge in [-0.2, -0.15) is 0 Å². The SMILES string of the molecule is Cc1cc(N)cc2c1SCCCC2. The topological polar surface area (TPSA) is 26.0 Å². The van der Waals surface area contributed by atoms with Crippen LogP contribution >= 0.6 is 11.8 Å². The molecule has 0 saturated heterocycles. The number of anilines is 1. The van der Waals surface area contributed by atoms with Crippen LogP contribution in [-0.2, 0) is 6.42 Å². The molecule has 0 unspecified atom stereocenters. The van der Waals surface area contributed by atoms with Gasteiger partial charge in [0.1, 0.15) is 0 Å². The van der Waals surface area contributed by atoms with E-state index in [1.165, 1.54) is 41.0 Å². The largest absolute Gasteiger partial charge is 0.399 e. The Morgan fingerprint density at radius 2 is 2.15 bits per heavy atom. The first-order chi connectivity index (χ1) is 6.27. The molecule has 0 atom stereocenters. The number of nitrogens with two attached hydrogens (primary N) is 1. The molecule has 0 amide bonds. The van der Waals surface area contributed by atoms with Crippen molar-refractivity contribution in [1.82, 2.24) is 0 Å². The molecule has 0 aliphatic carbocycles. The Balaban J connectivity index is 2.47. The lowest BCUT2D eigenvalue weighted by atomic mass is 10.1. The summed E-state index contributed by atoms with van der Waals surface area (Å²) in [6.45, 7) is 2.16. The number of hydrogen-bond acceptors (Lipinski definition) is 2. The summed E-state index contributed by atoms with van der Waals surface area (Å²) in [5.74, 6) is 1.26. The molecule has 1 aliphatic heterocycles. The van der Waals surface area contributed by atoms with Crippen LogP contribution in [-0.4, -0.2) is 5.75 Å². The molecule has 13 heavy (non-hydrogen) atoms. The maximum Gasteiger partial charge on any atom is 0.0320 e. The Morgan fingerprint density at radius 1 is 1.31 bits per heavy atom. The van der Waals surface area contributed by atoms with Gasteiger partial charge in [-0.3, -0.25) is 0 Å². The van der Waals surface area contributed by atoms with Crippen molar-refractivity contribution in [3.05, 3.63) is 23.3 Å². The average molecular weight is 193 g/mol. The van der Waals surface area contributed by atoms with E-state index in [1.54, 1.807) is 0 Å². The molecule has 0 radical (unpaired) electrons. The molecule has 0 bridgehead atoms. The van der Waals surface area contributed by atoms with Crippen molar-refractivity contribution in [2.45, 2.75) is 31.1 Å². The van der Waals surface area contributed by atoms with Gasteiger partial charge in [0.05, 0.1) is 0 Å². The summed E-state index contributed by atoms with van der Waals surface area (Å²) < 4.78 is 0. The van der Waals surface area contributed by atoms with Crippen molar-refractivity contribution in [3.63, 3.8) is 0 Å². The summed E-state index contributed by atoms with van der Waals surface area (Å²) in [6, 6.07) is 4.22. The predicted octanol–water partition coefficient (Wildman–Crippen LogP) is 3.01. The maximum atomic E-state index is 5.82. The van der Waals surface area contributed by atoms with E-state index in [-0.39, 0.29) is 0 Å². The van der Waals surface area contributed by atoms with Crippen LogP contribution < -0.4 is 5.73 Å². The van der Waals surface area contributed by atoms with Crippen molar-refractivity contribution in [2.24, 2.45) is 0 Å². The zero-order valence-corrected chi connectivity index (χ0v) is 8.79. The molecule has 0 spiro atoms. The number of hydrogen-bond donors (Lipinski definition) is 1. The monoisotopic (exact) mass is 193 g/mol. The van der Waals surface area contributed by atoms with E-state index in [0.29, 0.717) is 0 Å². The van der Waals surface area contributed by atoms with Crippen molar-refractivity contribution < 1.29 is 0 Å². The second-order valence-electron chi connectivity index (χ2n) is 3.63. The third kappa shape index (κ3) is 1.83. The Morgan fingerprint density at radius 3 is 3.00 bits per heavy atom. The first-order valence-corrected chi connectivity index (χ1v) is 5.78. The molecule has 1 aromatic carbocycles. The number of benzene rings is 1. The van der Waals surface area contributed by atoms with E-state index in [9.17, 15) is 0 Å². The van der Waals surface area contributed by atoms with Gasteiger partial charge in [-0.1, -0.05) is 0 Å². The fraction of sp³-hybridized carbons (Fsp3) is 0.455. The summed E-state index contributed by atoms with van der Waals surface area (Å²) in [5.41, 5.74) is 9.55. The molecule has 0 fully saturated rings. The Bertz CT molecular complexity index is 320. The van der Waals surface area contributed by atoms with Gasteiger partial charge in [0.25, 0.3) is 0 Å². The summed E-state index contributed by atoms with van der Waals surface area (Å²) >= 11 is 1.99. The van der Waals surface area contributed by atoms with Crippen molar-refractivity contribution in [3.8, 4) is 0 Å². The predicted molar refractivity (Wildman–Crippen MR) is 59.3 cm³/mol. The van der Waals surface area contributed by atoms with Gasteiger partial charge in [0.2, 0.25) is 0 Å². The molecule has 0 aromatic heterocycles. The van der Waals surface area contributed by atoms with Gasteiger partial charge < -0.3 is 5.73 Å². The lowest BCUT2D eigenvalue weighted by Crippen LogP contribution is -1.93. The second kappa shape index (κ2) is 3.62. The quantitative estimate of drug-likeness (QED) is 0.641. The smallest absolute Gasteiger partial charge is 0.0320 e. The molecule has 70 valence electrons. The standard InChI is InChI=1S/C11H15NS/c1-8-6-10(12)7-9-4-2-3-5-13-11(8)9/h6-7H,2-5,12H2,1H3. The zero-order chi connectivity index (χ0) is 9.26. The number of thioether (sulfide) groups is 1. The van der Waals surface area contributed by atoms with E-state index < -0.39 is 0 Å². The van der Waals surface area contributed by atoms with E-state index in [0.717, 1.165) is 5.69 Å². The lowest BCUT2D eigenvalue weighted by Gasteiger charge is -2.09. The minimum Gasteiger partial charge on any atom is -0.399 e. The molecule has 1 aromatic rings. The molecular weight excluding hydrogens is 178 g/mol. The molecular formula is C11H15NS. The summed E-state index contributed by atoms with van der Waals surface area (Å²) in [7, 11) is 0. The summed E-state index contributed by atoms with van der Waals surface area (Å²) in [4.78, 5) is 1.48. The van der Waals surface area contributed by atoms with Crippen LogP contribution in [0.1, 0.15) is 24.0 Å². The maximum absolute atomic E-state index is 5.82. The molecule has 2 heteroatoms. The number of aryl methyl sites for hydroxylation is 2. The number of nitrogen functional groups attached to an aromatic ring is 1. The van der Waals surface area contributed by atoms with E-state index in [2.05, 4.69) is 19.1 Å². The average Bonchev–Trinajstić information content (AvgIpc) is 2.28. The highest BCUT2D eigenvalue weighted by molar-refractivity contribution is 7.99. The number of fused-ring (bicyclic) bond motifs is 1. The highest BCUT2D eigenvalue weighted by Gasteiger charge is 2.10. The van der Waals surface area contributed by atoms with Gasteiger partial charge in [-0.15, -0.1) is 11.8 Å². The minimum absolute atomic E-state index is 0.916. The zero-order valence-electron chi connectivity index (χ0n) is 7.97. The fourth-order valence-electron chi connectivity index (χ4n) is 1.86. The second-order valence-corrected chi connectivity index (χ2v) is 4.74. The number of rotatable bonds is 0. The van der Waals surface area contributed by atoms with Gasteiger partial charge in [-0.25, -0.2) is 0 Å². The normalized spacial score (nSPS) is 16.4. The molecule has 1 nitrogen and oxygen atoms in total. The first-order valence-electron chi connectivity index (χ1n) is 4.79. The van der Waals surface area contributed by atoms with Crippen molar-refractivity contribution in [2.75, 3.05) is 11.5 Å². The van der Waals surface area contributed by atoms with Crippen LogP contribution in [0.3, 0.4) is 0 Å². The van der Waals surface area contributed by atoms with Crippen molar-refractivity contribution in [1.29, 1.82) is 0 Å². The van der Waals surface area contributed by atoms with Crippen LogP contribution in [0.15, 0.2) is 17.0 Å². The summed E-state index contributed by atoms with van der Waals surface area (Å²) in [6.07, 6.45) is 3.84. The van der Waals surface area contributed by atoms with Crippen molar-refractivity contribution >= 4 is 17.4 Å². The van der Waals surface area contributed by atoms with E-state index in [4.69, 9.17) is 5.73 Å². The van der Waals surface area contributed by atoms with Crippen LogP contribution in [0, 0.1) is 6.92 Å². The lowest BCUT2D eigenvalue weighted by molar-refractivity contribution is 0.803. The fourth-order valence-corrected chi connectivity index (χ4v) is 3.05. The Kier molecular flexibility index (Phi) is 2.49. The Hall–Kier alpha value is -0.630. The van der Waals surface area contributed by atoms with Crippen LogP contribution in [0.25, 0.3) is 0 Å². The molecule has 1 heterocycles. The Labute approximate surface area is 83.7 Å². The summed E-state index contributed by atoms with van der Waals surface area (Å²) in [5, 5.41) is 0. The van der Waals surface area contributed by atoms with Gasteiger partial charge in [0, 0.05) is 10.6 Å². The van der Waals surface area contributed by atoms with Crippen LogP contribution in [0.2, 0.25) is 0 Å². The highest BCUT2D eigenvalue weighted by Crippen LogP contribution is 2.33. The molecule has 2 N–H and O–H groups in total. The molecule has 0 saturated carbocycles. The van der Waals surface area contributed by atoms with Gasteiger partial charge in [0.15, 0.2) is 0 Å². The minimum atomic E-state index is 0.916. The molecule has 2 rings (SSSR count). The third-order valence-electron chi connectivity index (χ3n) is 2.46. The van der Waals surface area contributed by atoms with Crippen LogP contribution in [0.5, 0.6) is 0 Å². The van der Waals surface area contributed by atoms with Gasteiger partial charge in [-0.05, 0) is 55.2 Å². The third-order valence-corrected chi connectivity index (χ3v) is 3.83. The highest BCUT2D eigenvalue weighted by atomic mass is 32.2. The first kappa shape index (κ1) is 8.95. The van der Waals surface area contributed by atoms with Crippen LogP contribution in [0.4, 0.5) is 5.69 Å². The van der Waals surface area contributed by atoms with Gasteiger partial charge >= 0.3 is 0 Å².